The summed E-state index contributed by atoms with van der Waals surface area (Å²) in [6.45, 7) is 6.41. The molecule has 1 aliphatic heterocycles. The van der Waals surface area contributed by atoms with E-state index in [9.17, 15) is 0 Å². The third kappa shape index (κ3) is 1.07. The van der Waals surface area contributed by atoms with Crippen LogP contribution in [0.1, 0.15) is 32.6 Å². The highest BCUT2D eigenvalue weighted by Gasteiger charge is 2.47. The largest absolute Gasteiger partial charge is 0.303 e. The molecule has 1 aliphatic carbocycles. The molecule has 1 saturated carbocycles. The van der Waals surface area contributed by atoms with Crippen molar-refractivity contribution < 1.29 is 0 Å². The lowest BCUT2D eigenvalue weighted by molar-refractivity contribution is 0.321. The van der Waals surface area contributed by atoms with Crippen molar-refractivity contribution in [3.05, 3.63) is 0 Å². The highest BCUT2D eigenvalue weighted by atomic mass is 15.2. The quantitative estimate of drug-likeness (QED) is 0.564. The minimum Gasteiger partial charge on any atom is -0.303 e. The molecule has 0 atom stereocenters. The Bertz CT molecular complexity index is 127. The lowest BCUT2D eigenvalue weighted by Gasteiger charge is -2.13. The molecule has 0 aromatic carbocycles. The average Bonchev–Trinajstić information content (AvgIpc) is 2.52. The number of nitrogens with zero attached hydrogens (tertiary/aromatic N) is 1. The fourth-order valence-corrected chi connectivity index (χ4v) is 2.12. The first-order chi connectivity index (χ1) is 4.85. The van der Waals surface area contributed by atoms with E-state index in [0.717, 1.165) is 5.41 Å². The molecule has 2 aliphatic rings. The monoisotopic (exact) mass is 139 g/mol. The van der Waals surface area contributed by atoms with Gasteiger partial charge in [-0.05, 0) is 44.2 Å². The van der Waals surface area contributed by atoms with E-state index in [0.29, 0.717) is 0 Å². The number of rotatable bonds is 2. The minimum absolute atomic E-state index is 0.842. The molecule has 58 valence electrons. The van der Waals surface area contributed by atoms with Crippen molar-refractivity contribution in [3.63, 3.8) is 0 Å². The molecular weight excluding hydrogens is 122 g/mol. The van der Waals surface area contributed by atoms with Crippen molar-refractivity contribution in [2.24, 2.45) is 5.41 Å². The van der Waals surface area contributed by atoms with E-state index >= 15 is 0 Å². The van der Waals surface area contributed by atoms with Gasteiger partial charge in [0.1, 0.15) is 0 Å². The molecule has 0 unspecified atom stereocenters. The molecule has 0 radical (unpaired) electrons. The van der Waals surface area contributed by atoms with E-state index < -0.39 is 0 Å². The minimum atomic E-state index is 0.842. The van der Waals surface area contributed by atoms with Crippen molar-refractivity contribution in [1.82, 2.24) is 4.90 Å². The Balaban J connectivity index is 1.82. The van der Waals surface area contributed by atoms with E-state index in [1.807, 2.05) is 0 Å². The van der Waals surface area contributed by atoms with Gasteiger partial charge in [0, 0.05) is 6.54 Å². The average molecular weight is 139 g/mol. The van der Waals surface area contributed by atoms with Gasteiger partial charge in [-0.1, -0.05) is 6.92 Å². The normalized spacial score (nSPS) is 29.7. The Hall–Kier alpha value is -0.0400. The van der Waals surface area contributed by atoms with Gasteiger partial charge in [-0.2, -0.15) is 0 Å². The van der Waals surface area contributed by atoms with Crippen LogP contribution in [0.3, 0.4) is 0 Å². The van der Waals surface area contributed by atoms with Crippen molar-refractivity contribution in [2.45, 2.75) is 32.6 Å². The fraction of sp³-hybridized carbons (Fsp3) is 1.00. The number of hydrogen-bond acceptors (Lipinski definition) is 1. The van der Waals surface area contributed by atoms with Gasteiger partial charge < -0.3 is 4.90 Å². The standard InChI is InChI=1S/C9H17N/c1-2-6-10-7-5-9(8-10)3-4-9/h2-8H2,1H3. The zero-order chi connectivity index (χ0) is 7.03. The van der Waals surface area contributed by atoms with Crippen LogP contribution < -0.4 is 0 Å². The highest BCUT2D eigenvalue weighted by molar-refractivity contribution is 5.00. The first-order valence-electron chi connectivity index (χ1n) is 4.57. The second-order valence-electron chi connectivity index (χ2n) is 4.03. The summed E-state index contributed by atoms with van der Waals surface area (Å²) in [5.74, 6) is 0. The predicted octanol–water partition coefficient (Wildman–Crippen LogP) is 1.88. The van der Waals surface area contributed by atoms with Crippen LogP contribution in [0.15, 0.2) is 0 Å². The van der Waals surface area contributed by atoms with Gasteiger partial charge >= 0.3 is 0 Å². The SMILES string of the molecule is CCCN1CCC2(CC2)C1. The van der Waals surface area contributed by atoms with Crippen LogP contribution in [-0.2, 0) is 0 Å². The molecule has 0 aromatic heterocycles. The van der Waals surface area contributed by atoms with Crippen molar-refractivity contribution in [3.8, 4) is 0 Å². The van der Waals surface area contributed by atoms with Gasteiger partial charge in [0.25, 0.3) is 0 Å². The van der Waals surface area contributed by atoms with E-state index in [1.54, 1.807) is 0 Å². The predicted molar refractivity (Wildman–Crippen MR) is 43.0 cm³/mol. The summed E-state index contributed by atoms with van der Waals surface area (Å²) in [6, 6.07) is 0. The Morgan fingerprint density at radius 2 is 2.10 bits per heavy atom. The number of hydrogen-bond donors (Lipinski definition) is 0. The fourth-order valence-electron chi connectivity index (χ4n) is 2.12. The van der Waals surface area contributed by atoms with Crippen LogP contribution in [0.2, 0.25) is 0 Å². The molecule has 0 bridgehead atoms. The summed E-state index contributed by atoms with van der Waals surface area (Å²) in [4.78, 5) is 2.63. The maximum absolute atomic E-state index is 2.63. The second-order valence-corrected chi connectivity index (χ2v) is 4.03. The van der Waals surface area contributed by atoms with Crippen molar-refractivity contribution >= 4 is 0 Å². The van der Waals surface area contributed by atoms with Crippen LogP contribution in [0, 0.1) is 5.41 Å². The van der Waals surface area contributed by atoms with Crippen molar-refractivity contribution in [1.29, 1.82) is 0 Å². The Kier molecular flexibility index (Phi) is 1.48. The summed E-state index contributed by atoms with van der Waals surface area (Å²) in [5.41, 5.74) is 0.842. The summed E-state index contributed by atoms with van der Waals surface area (Å²) >= 11 is 0. The van der Waals surface area contributed by atoms with Gasteiger partial charge in [-0.3, -0.25) is 0 Å². The summed E-state index contributed by atoms with van der Waals surface area (Å²) in [7, 11) is 0. The topological polar surface area (TPSA) is 3.24 Å². The summed E-state index contributed by atoms with van der Waals surface area (Å²) in [6.07, 6.45) is 5.86. The molecule has 0 aromatic rings. The van der Waals surface area contributed by atoms with Crippen LogP contribution in [0.4, 0.5) is 0 Å². The zero-order valence-corrected chi connectivity index (χ0v) is 6.90. The molecule has 10 heavy (non-hydrogen) atoms. The maximum atomic E-state index is 2.63. The Labute approximate surface area is 63.4 Å². The zero-order valence-electron chi connectivity index (χ0n) is 6.90. The van der Waals surface area contributed by atoms with Gasteiger partial charge in [-0.25, -0.2) is 0 Å². The first-order valence-corrected chi connectivity index (χ1v) is 4.57. The molecule has 1 spiro atoms. The van der Waals surface area contributed by atoms with E-state index in [-0.39, 0.29) is 0 Å². The van der Waals surface area contributed by atoms with E-state index in [4.69, 9.17) is 0 Å². The summed E-state index contributed by atoms with van der Waals surface area (Å²) in [5, 5.41) is 0. The third-order valence-corrected chi connectivity index (χ3v) is 3.01. The third-order valence-electron chi connectivity index (χ3n) is 3.01. The molecule has 0 amide bonds. The molecule has 1 saturated heterocycles. The maximum Gasteiger partial charge on any atom is 0.00385 e. The van der Waals surface area contributed by atoms with Gasteiger partial charge in [0.15, 0.2) is 0 Å². The summed E-state index contributed by atoms with van der Waals surface area (Å²) < 4.78 is 0. The van der Waals surface area contributed by atoms with Crippen LogP contribution >= 0.6 is 0 Å². The molecule has 0 N–H and O–H groups in total. The molecule has 1 heteroatoms. The Morgan fingerprint density at radius 1 is 1.30 bits per heavy atom. The molecular formula is C9H17N. The van der Waals surface area contributed by atoms with Crippen LogP contribution in [0.5, 0.6) is 0 Å². The van der Waals surface area contributed by atoms with Crippen LogP contribution in [-0.4, -0.2) is 24.5 Å². The van der Waals surface area contributed by atoms with Gasteiger partial charge in [0.2, 0.25) is 0 Å². The molecule has 2 rings (SSSR count). The smallest absolute Gasteiger partial charge is 0.00385 e. The lowest BCUT2D eigenvalue weighted by Crippen LogP contribution is -2.21. The van der Waals surface area contributed by atoms with E-state index in [2.05, 4.69) is 11.8 Å². The number of likely N-dealkylation sites (tertiary alicyclic amines) is 1. The van der Waals surface area contributed by atoms with Crippen LogP contribution in [0.25, 0.3) is 0 Å². The second kappa shape index (κ2) is 2.23. The Morgan fingerprint density at radius 3 is 2.60 bits per heavy atom. The highest BCUT2D eigenvalue weighted by Crippen LogP contribution is 2.52. The molecule has 1 heterocycles. The van der Waals surface area contributed by atoms with E-state index in [1.165, 1.54) is 45.3 Å². The lowest BCUT2D eigenvalue weighted by atomic mass is 10.1. The van der Waals surface area contributed by atoms with Gasteiger partial charge in [0.05, 0.1) is 0 Å². The molecule has 2 fully saturated rings. The van der Waals surface area contributed by atoms with Gasteiger partial charge in [-0.15, -0.1) is 0 Å². The molecule has 1 nitrogen and oxygen atoms in total. The first kappa shape index (κ1) is 6.66. The van der Waals surface area contributed by atoms with Crippen molar-refractivity contribution in [2.75, 3.05) is 19.6 Å².